The van der Waals surface area contributed by atoms with Crippen molar-refractivity contribution in [3.63, 3.8) is 0 Å². The van der Waals surface area contributed by atoms with Gasteiger partial charge in [0.05, 0.1) is 16.8 Å². The fraction of sp³-hybridized carbons (Fsp3) is 0.316. The van der Waals surface area contributed by atoms with E-state index in [0.717, 1.165) is 29.0 Å². The summed E-state index contributed by atoms with van der Waals surface area (Å²) in [5.74, 6) is 1.02. The van der Waals surface area contributed by atoms with E-state index in [-0.39, 0.29) is 18.2 Å². The number of nitrogens with zero attached hydrogens (tertiary/aromatic N) is 2. The fourth-order valence-electron chi connectivity index (χ4n) is 3.39. The number of hydrogen-bond acceptors (Lipinski definition) is 3. The third-order valence-electron chi connectivity index (χ3n) is 4.51. The van der Waals surface area contributed by atoms with Gasteiger partial charge in [0.25, 0.3) is 0 Å². The predicted octanol–water partition coefficient (Wildman–Crippen LogP) is 5.52. The number of ether oxygens (including phenoxy) is 1. The zero-order chi connectivity index (χ0) is 16.8. The summed E-state index contributed by atoms with van der Waals surface area (Å²) in [5, 5.41) is 8.14. The first-order valence-electron chi connectivity index (χ1n) is 8.11. The minimum atomic E-state index is -0.137. The van der Waals surface area contributed by atoms with Crippen LogP contribution in [0.5, 0.6) is 5.75 Å². The molecule has 4 rings (SSSR count). The Morgan fingerprint density at radius 2 is 1.92 bits per heavy atom. The second kappa shape index (κ2) is 5.98. The number of halogens is 2. The summed E-state index contributed by atoms with van der Waals surface area (Å²) in [5.41, 5.74) is 3.22. The van der Waals surface area contributed by atoms with Crippen LogP contribution in [0.3, 0.4) is 0 Å². The Kier molecular flexibility index (Phi) is 3.93. The predicted molar refractivity (Wildman–Crippen MR) is 97.9 cm³/mol. The molecule has 0 aliphatic carbocycles. The normalized spacial score (nSPS) is 22.0. The quantitative estimate of drug-likeness (QED) is 0.704. The molecule has 0 unspecified atom stereocenters. The van der Waals surface area contributed by atoms with E-state index >= 15 is 0 Å². The van der Waals surface area contributed by atoms with Crippen LogP contribution in [0.4, 0.5) is 0 Å². The highest BCUT2D eigenvalue weighted by atomic mass is 35.5. The SMILES string of the molecule is CC(C)[C@@H]1Oc2c(Cl)cc(Cl)cc2[C@H]2CC(c3ccccc3)=NN21. The Morgan fingerprint density at radius 3 is 2.62 bits per heavy atom. The van der Waals surface area contributed by atoms with Gasteiger partial charge in [-0.2, -0.15) is 5.10 Å². The van der Waals surface area contributed by atoms with Crippen LogP contribution in [0.15, 0.2) is 47.6 Å². The zero-order valence-corrected chi connectivity index (χ0v) is 15.1. The van der Waals surface area contributed by atoms with Crippen LogP contribution in [-0.4, -0.2) is 16.9 Å². The smallest absolute Gasteiger partial charge is 0.190 e. The highest BCUT2D eigenvalue weighted by Gasteiger charge is 2.42. The molecule has 2 aromatic carbocycles. The van der Waals surface area contributed by atoms with Crippen LogP contribution in [0, 0.1) is 5.92 Å². The van der Waals surface area contributed by atoms with E-state index < -0.39 is 0 Å². The maximum atomic E-state index is 6.40. The molecule has 0 saturated carbocycles. The summed E-state index contributed by atoms with van der Waals surface area (Å²) in [6.07, 6.45) is 0.683. The first-order chi connectivity index (χ1) is 11.5. The lowest BCUT2D eigenvalue weighted by atomic mass is 9.95. The summed E-state index contributed by atoms with van der Waals surface area (Å²) in [6.45, 7) is 4.26. The van der Waals surface area contributed by atoms with E-state index in [1.165, 1.54) is 0 Å². The van der Waals surface area contributed by atoms with Gasteiger partial charge >= 0.3 is 0 Å². The van der Waals surface area contributed by atoms with E-state index in [1.54, 1.807) is 6.07 Å². The van der Waals surface area contributed by atoms with Crippen LogP contribution >= 0.6 is 23.2 Å². The van der Waals surface area contributed by atoms with Crippen molar-refractivity contribution in [3.05, 3.63) is 63.6 Å². The summed E-state index contributed by atoms with van der Waals surface area (Å²) in [6, 6.07) is 14.1. The molecule has 0 amide bonds. The molecule has 2 heterocycles. The number of benzene rings is 2. The van der Waals surface area contributed by atoms with Gasteiger partial charge in [-0.1, -0.05) is 67.4 Å². The molecule has 0 spiro atoms. The standard InChI is InChI=1S/C19H18Cl2N2O/c1-11(2)19-23-17(10-16(22-23)12-6-4-3-5-7-12)14-8-13(20)9-15(21)18(14)24-19/h3-9,11,17,19H,10H2,1-2H3/t17-,19+/m1/s1. The van der Waals surface area contributed by atoms with Crippen LogP contribution in [-0.2, 0) is 0 Å². The molecule has 0 fully saturated rings. The average Bonchev–Trinajstić information content (AvgIpc) is 3.00. The number of fused-ring (bicyclic) bond motifs is 3. The van der Waals surface area contributed by atoms with E-state index in [2.05, 4.69) is 31.0 Å². The Bertz CT molecular complexity index is 805. The maximum absolute atomic E-state index is 6.40. The van der Waals surface area contributed by atoms with Crippen LogP contribution in [0.25, 0.3) is 0 Å². The van der Waals surface area contributed by atoms with Gasteiger partial charge in [0.2, 0.25) is 0 Å². The molecule has 3 nitrogen and oxygen atoms in total. The third kappa shape index (κ3) is 2.56. The first kappa shape index (κ1) is 15.8. The summed E-state index contributed by atoms with van der Waals surface area (Å²) in [7, 11) is 0. The van der Waals surface area contributed by atoms with Crippen molar-refractivity contribution in [2.45, 2.75) is 32.5 Å². The Balaban J connectivity index is 1.80. The second-order valence-electron chi connectivity index (χ2n) is 6.57. The van der Waals surface area contributed by atoms with Crippen molar-refractivity contribution in [1.82, 2.24) is 5.01 Å². The largest absolute Gasteiger partial charge is 0.467 e. The van der Waals surface area contributed by atoms with Crippen molar-refractivity contribution in [3.8, 4) is 5.75 Å². The Labute approximate surface area is 151 Å². The van der Waals surface area contributed by atoms with Crippen LogP contribution in [0.2, 0.25) is 10.0 Å². The third-order valence-corrected chi connectivity index (χ3v) is 5.01. The van der Waals surface area contributed by atoms with Gasteiger partial charge in [0.15, 0.2) is 6.23 Å². The number of rotatable bonds is 2. The Morgan fingerprint density at radius 1 is 1.17 bits per heavy atom. The van der Waals surface area contributed by atoms with Crippen molar-refractivity contribution in [2.75, 3.05) is 0 Å². The summed E-state index contributed by atoms with van der Waals surface area (Å²) >= 11 is 12.6. The molecule has 124 valence electrons. The van der Waals surface area contributed by atoms with Gasteiger partial charge in [0.1, 0.15) is 5.75 Å². The van der Waals surface area contributed by atoms with E-state index in [4.69, 9.17) is 33.0 Å². The van der Waals surface area contributed by atoms with Gasteiger partial charge in [0, 0.05) is 22.9 Å². The second-order valence-corrected chi connectivity index (χ2v) is 7.41. The molecule has 5 heteroatoms. The molecule has 2 aliphatic rings. The molecule has 0 N–H and O–H groups in total. The zero-order valence-electron chi connectivity index (χ0n) is 13.5. The minimum Gasteiger partial charge on any atom is -0.467 e. The fourth-order valence-corrected chi connectivity index (χ4v) is 3.94. The van der Waals surface area contributed by atoms with Gasteiger partial charge in [-0.15, -0.1) is 0 Å². The lowest BCUT2D eigenvalue weighted by Gasteiger charge is -2.40. The molecule has 24 heavy (non-hydrogen) atoms. The molecular formula is C19H18Cl2N2O. The number of hydrazone groups is 1. The highest BCUT2D eigenvalue weighted by molar-refractivity contribution is 6.35. The van der Waals surface area contributed by atoms with Crippen molar-refractivity contribution >= 4 is 28.9 Å². The van der Waals surface area contributed by atoms with Gasteiger partial charge in [-0.3, -0.25) is 0 Å². The average molecular weight is 361 g/mol. The lowest BCUT2D eigenvalue weighted by Crippen LogP contribution is -2.43. The van der Waals surface area contributed by atoms with E-state index in [9.17, 15) is 0 Å². The van der Waals surface area contributed by atoms with Gasteiger partial charge in [-0.05, 0) is 17.7 Å². The topological polar surface area (TPSA) is 24.8 Å². The van der Waals surface area contributed by atoms with E-state index in [1.807, 2.05) is 24.3 Å². The molecule has 0 aromatic heterocycles. The summed E-state index contributed by atoms with van der Waals surface area (Å²) in [4.78, 5) is 0. The Hall–Kier alpha value is -1.71. The molecule has 0 saturated heterocycles. The first-order valence-corrected chi connectivity index (χ1v) is 8.87. The van der Waals surface area contributed by atoms with Gasteiger partial charge in [-0.25, -0.2) is 5.01 Å². The summed E-state index contributed by atoms with van der Waals surface area (Å²) < 4.78 is 6.21. The van der Waals surface area contributed by atoms with Crippen LogP contribution in [0.1, 0.15) is 37.4 Å². The maximum Gasteiger partial charge on any atom is 0.190 e. The monoisotopic (exact) mass is 360 g/mol. The number of hydrogen-bond donors (Lipinski definition) is 0. The molecule has 2 aliphatic heterocycles. The van der Waals surface area contributed by atoms with E-state index in [0.29, 0.717) is 10.0 Å². The molecule has 2 aromatic rings. The van der Waals surface area contributed by atoms with Crippen molar-refractivity contribution in [2.24, 2.45) is 11.0 Å². The molecule has 2 atom stereocenters. The lowest BCUT2D eigenvalue weighted by molar-refractivity contribution is -0.0460. The van der Waals surface area contributed by atoms with Crippen LogP contribution < -0.4 is 4.74 Å². The molecule has 0 radical (unpaired) electrons. The van der Waals surface area contributed by atoms with Crippen molar-refractivity contribution < 1.29 is 4.74 Å². The highest BCUT2D eigenvalue weighted by Crippen LogP contribution is 2.48. The minimum absolute atomic E-state index is 0.104. The van der Waals surface area contributed by atoms with Gasteiger partial charge < -0.3 is 4.74 Å². The molecular weight excluding hydrogens is 343 g/mol. The van der Waals surface area contributed by atoms with Crippen molar-refractivity contribution in [1.29, 1.82) is 0 Å². The molecule has 0 bridgehead atoms.